The Bertz CT molecular complexity index is 424. The summed E-state index contributed by atoms with van der Waals surface area (Å²) < 4.78 is 33.3. The molecule has 8 heteroatoms. The SMILES string of the molecule is CC(C)OCCCCNS(=O)(=O)N1CCCCC1C(=O)O. The van der Waals surface area contributed by atoms with Crippen molar-refractivity contribution < 1.29 is 23.1 Å². The van der Waals surface area contributed by atoms with Gasteiger partial charge in [0.25, 0.3) is 10.2 Å². The lowest BCUT2D eigenvalue weighted by Gasteiger charge is -2.31. The molecule has 1 rings (SSSR count). The minimum absolute atomic E-state index is 0.173. The highest BCUT2D eigenvalue weighted by atomic mass is 32.2. The second kappa shape index (κ2) is 8.67. The van der Waals surface area contributed by atoms with E-state index in [2.05, 4.69) is 4.72 Å². The number of aliphatic carboxylic acids is 1. The number of nitrogens with zero attached hydrogens (tertiary/aromatic N) is 1. The number of carbonyl (C=O) groups is 1. The Morgan fingerprint density at radius 2 is 2.10 bits per heavy atom. The lowest BCUT2D eigenvalue weighted by Crippen LogP contribution is -2.52. The highest BCUT2D eigenvalue weighted by Gasteiger charge is 2.36. The lowest BCUT2D eigenvalue weighted by atomic mass is 10.1. The van der Waals surface area contributed by atoms with Crippen molar-refractivity contribution in [2.24, 2.45) is 0 Å². The summed E-state index contributed by atoms with van der Waals surface area (Å²) in [5.41, 5.74) is 0. The third-order valence-electron chi connectivity index (χ3n) is 3.35. The summed E-state index contributed by atoms with van der Waals surface area (Å²) in [6.45, 7) is 5.06. The van der Waals surface area contributed by atoms with Crippen LogP contribution in [0.3, 0.4) is 0 Å². The molecule has 0 radical (unpaired) electrons. The Morgan fingerprint density at radius 1 is 1.38 bits per heavy atom. The van der Waals surface area contributed by atoms with E-state index in [9.17, 15) is 13.2 Å². The quantitative estimate of drug-likeness (QED) is 0.617. The Balaban J connectivity index is 2.39. The minimum atomic E-state index is -3.72. The maximum atomic E-state index is 12.2. The summed E-state index contributed by atoms with van der Waals surface area (Å²) in [6.07, 6.45) is 3.42. The number of rotatable bonds is 9. The van der Waals surface area contributed by atoms with Crippen LogP contribution in [0.25, 0.3) is 0 Å². The van der Waals surface area contributed by atoms with Crippen molar-refractivity contribution in [1.29, 1.82) is 0 Å². The monoisotopic (exact) mass is 322 g/mol. The first kappa shape index (κ1) is 18.3. The number of carboxylic acids is 1. The van der Waals surface area contributed by atoms with E-state index in [-0.39, 0.29) is 12.6 Å². The predicted octanol–water partition coefficient (Wildman–Crippen LogP) is 0.965. The maximum Gasteiger partial charge on any atom is 0.322 e. The summed E-state index contributed by atoms with van der Waals surface area (Å²) >= 11 is 0. The van der Waals surface area contributed by atoms with Crippen LogP contribution in [-0.4, -0.2) is 55.6 Å². The van der Waals surface area contributed by atoms with Crippen LogP contribution in [0.15, 0.2) is 0 Å². The molecular weight excluding hydrogens is 296 g/mol. The van der Waals surface area contributed by atoms with Crippen molar-refractivity contribution in [1.82, 2.24) is 9.03 Å². The van der Waals surface area contributed by atoms with E-state index in [1.54, 1.807) is 0 Å². The van der Waals surface area contributed by atoms with Crippen LogP contribution < -0.4 is 4.72 Å². The van der Waals surface area contributed by atoms with Gasteiger partial charge in [0.05, 0.1) is 6.10 Å². The van der Waals surface area contributed by atoms with Gasteiger partial charge in [0, 0.05) is 19.7 Å². The van der Waals surface area contributed by atoms with Crippen molar-refractivity contribution in [3.63, 3.8) is 0 Å². The molecule has 0 aromatic heterocycles. The Kier molecular flexibility index (Phi) is 7.58. The largest absolute Gasteiger partial charge is 0.480 e. The number of nitrogens with one attached hydrogen (secondary N) is 1. The zero-order valence-electron chi connectivity index (χ0n) is 12.7. The van der Waals surface area contributed by atoms with Gasteiger partial charge in [-0.25, -0.2) is 4.72 Å². The highest BCUT2D eigenvalue weighted by molar-refractivity contribution is 7.87. The van der Waals surface area contributed by atoms with Crippen LogP contribution in [0.4, 0.5) is 0 Å². The molecule has 2 N–H and O–H groups in total. The Morgan fingerprint density at radius 3 is 2.71 bits per heavy atom. The van der Waals surface area contributed by atoms with Crippen LogP contribution in [0.5, 0.6) is 0 Å². The van der Waals surface area contributed by atoms with Crippen molar-refractivity contribution in [2.45, 2.75) is 58.1 Å². The Labute approximate surface area is 126 Å². The number of piperidine rings is 1. The van der Waals surface area contributed by atoms with Gasteiger partial charge >= 0.3 is 5.97 Å². The van der Waals surface area contributed by atoms with Gasteiger partial charge in [-0.15, -0.1) is 0 Å². The van der Waals surface area contributed by atoms with E-state index < -0.39 is 22.2 Å². The third kappa shape index (κ3) is 6.29. The summed E-state index contributed by atoms with van der Waals surface area (Å²) in [6, 6.07) is -0.944. The van der Waals surface area contributed by atoms with Crippen LogP contribution >= 0.6 is 0 Å². The number of ether oxygens (including phenoxy) is 1. The average Bonchev–Trinajstić information content (AvgIpc) is 2.42. The Hall–Kier alpha value is -0.700. The molecule has 1 aliphatic rings. The third-order valence-corrected chi connectivity index (χ3v) is 4.98. The van der Waals surface area contributed by atoms with Gasteiger partial charge in [0.2, 0.25) is 0 Å². The van der Waals surface area contributed by atoms with Gasteiger partial charge < -0.3 is 9.84 Å². The summed E-state index contributed by atoms with van der Waals surface area (Å²) in [5.74, 6) is -1.08. The number of hydrogen-bond acceptors (Lipinski definition) is 4. The number of hydrogen-bond donors (Lipinski definition) is 2. The highest BCUT2D eigenvalue weighted by Crippen LogP contribution is 2.19. The van der Waals surface area contributed by atoms with Crippen LogP contribution in [0.2, 0.25) is 0 Å². The van der Waals surface area contributed by atoms with Gasteiger partial charge in [0.1, 0.15) is 6.04 Å². The fraction of sp³-hybridized carbons (Fsp3) is 0.923. The summed E-state index contributed by atoms with van der Waals surface area (Å²) in [4.78, 5) is 11.1. The number of unbranched alkanes of at least 4 members (excludes halogenated alkanes) is 1. The molecule has 0 saturated carbocycles. The summed E-state index contributed by atoms with van der Waals surface area (Å²) in [7, 11) is -3.72. The molecule has 1 fully saturated rings. The smallest absolute Gasteiger partial charge is 0.322 e. The van der Waals surface area contributed by atoms with Crippen molar-refractivity contribution in [2.75, 3.05) is 19.7 Å². The molecule has 0 spiro atoms. The van der Waals surface area contributed by atoms with Crippen LogP contribution in [-0.2, 0) is 19.7 Å². The van der Waals surface area contributed by atoms with Gasteiger partial charge in [-0.2, -0.15) is 12.7 Å². The maximum absolute atomic E-state index is 12.2. The van der Waals surface area contributed by atoms with Crippen LogP contribution in [0, 0.1) is 0 Å². The topological polar surface area (TPSA) is 95.9 Å². The van der Waals surface area contributed by atoms with E-state index >= 15 is 0 Å². The van der Waals surface area contributed by atoms with E-state index in [4.69, 9.17) is 9.84 Å². The van der Waals surface area contributed by atoms with E-state index in [0.717, 1.165) is 17.1 Å². The molecule has 0 amide bonds. The zero-order valence-corrected chi connectivity index (χ0v) is 13.6. The first-order valence-corrected chi connectivity index (χ1v) is 8.89. The van der Waals surface area contributed by atoms with Crippen molar-refractivity contribution in [3.8, 4) is 0 Å². The fourth-order valence-corrected chi connectivity index (χ4v) is 3.74. The van der Waals surface area contributed by atoms with Crippen LogP contribution in [0.1, 0.15) is 46.0 Å². The van der Waals surface area contributed by atoms with Gasteiger partial charge in [0.15, 0.2) is 0 Å². The molecule has 0 aromatic rings. The fourth-order valence-electron chi connectivity index (χ4n) is 2.27. The molecule has 1 unspecified atom stereocenters. The first-order valence-electron chi connectivity index (χ1n) is 7.45. The first-order chi connectivity index (χ1) is 9.84. The standard InChI is InChI=1S/C13H26N2O5S/c1-11(2)20-10-6-4-8-14-21(18,19)15-9-5-3-7-12(15)13(16)17/h11-12,14H,3-10H2,1-2H3,(H,16,17). The van der Waals surface area contributed by atoms with Gasteiger partial charge in [-0.1, -0.05) is 0 Å². The molecule has 7 nitrogen and oxygen atoms in total. The minimum Gasteiger partial charge on any atom is -0.480 e. The molecule has 1 heterocycles. The molecule has 0 aliphatic carbocycles. The van der Waals surface area contributed by atoms with Gasteiger partial charge in [-0.3, -0.25) is 4.79 Å². The molecular formula is C13H26N2O5S. The second-order valence-electron chi connectivity index (χ2n) is 5.49. The predicted molar refractivity (Wildman–Crippen MR) is 79.2 cm³/mol. The molecule has 21 heavy (non-hydrogen) atoms. The van der Waals surface area contributed by atoms with Gasteiger partial charge in [-0.05, 0) is 46.0 Å². The molecule has 0 bridgehead atoms. The normalized spacial score (nSPS) is 20.8. The molecule has 1 atom stereocenters. The second-order valence-corrected chi connectivity index (χ2v) is 7.19. The van der Waals surface area contributed by atoms with Crippen molar-refractivity contribution in [3.05, 3.63) is 0 Å². The average molecular weight is 322 g/mol. The van der Waals surface area contributed by atoms with E-state index in [0.29, 0.717) is 32.4 Å². The van der Waals surface area contributed by atoms with Crippen molar-refractivity contribution >= 4 is 16.2 Å². The molecule has 0 aromatic carbocycles. The lowest BCUT2D eigenvalue weighted by molar-refractivity contribution is -0.142. The van der Waals surface area contributed by atoms with E-state index in [1.165, 1.54) is 0 Å². The summed E-state index contributed by atoms with van der Waals surface area (Å²) in [5, 5.41) is 9.12. The molecule has 1 aliphatic heterocycles. The molecule has 124 valence electrons. The van der Waals surface area contributed by atoms with E-state index in [1.807, 2.05) is 13.8 Å². The number of carboxylic acid groups (broad SMARTS) is 1. The zero-order chi connectivity index (χ0) is 15.9. The molecule has 1 saturated heterocycles.